The number of benzene rings is 1. The molecule has 0 aliphatic carbocycles. The lowest BCUT2D eigenvalue weighted by atomic mass is 10.2. The lowest BCUT2D eigenvalue weighted by molar-refractivity contribution is 1.41. The first-order valence-electron chi connectivity index (χ1n) is 3.58. The second kappa shape index (κ2) is 2.64. The second-order valence-electron chi connectivity index (χ2n) is 2.55. The van der Waals surface area contributed by atoms with E-state index in [1.54, 1.807) is 6.07 Å². The number of pyridine rings is 1. The molecule has 1 aromatic carbocycles. The summed E-state index contributed by atoms with van der Waals surface area (Å²) in [5.41, 5.74) is 7.24. The molecule has 2 aromatic rings. The van der Waals surface area contributed by atoms with Crippen LogP contribution in [0.5, 0.6) is 0 Å². The van der Waals surface area contributed by atoms with Crippen molar-refractivity contribution in [2.45, 2.75) is 0 Å². The minimum atomic E-state index is 0.436. The zero-order valence-electron chi connectivity index (χ0n) is 6.29. The van der Waals surface area contributed by atoms with E-state index in [0.29, 0.717) is 10.8 Å². The molecular formula is C9H7ClN2. The van der Waals surface area contributed by atoms with Crippen LogP contribution in [0.4, 0.5) is 5.69 Å². The van der Waals surface area contributed by atoms with Crippen molar-refractivity contribution in [1.29, 1.82) is 0 Å². The molecule has 2 rings (SSSR count). The van der Waals surface area contributed by atoms with E-state index in [4.69, 9.17) is 17.3 Å². The number of aromatic nitrogens is 1. The third-order valence-electron chi connectivity index (χ3n) is 1.72. The van der Waals surface area contributed by atoms with Crippen LogP contribution in [0.2, 0.25) is 5.15 Å². The van der Waals surface area contributed by atoms with Crippen molar-refractivity contribution in [2.75, 3.05) is 5.73 Å². The Morgan fingerprint density at radius 3 is 2.83 bits per heavy atom. The number of halogens is 1. The molecule has 0 fully saturated rings. The van der Waals surface area contributed by atoms with Crippen LogP contribution in [0, 0.1) is 0 Å². The Labute approximate surface area is 75.0 Å². The minimum absolute atomic E-state index is 0.436. The third-order valence-corrected chi connectivity index (χ3v) is 1.91. The van der Waals surface area contributed by atoms with Gasteiger partial charge in [-0.1, -0.05) is 29.8 Å². The normalized spacial score (nSPS) is 10.4. The molecule has 0 spiro atoms. The molecule has 0 radical (unpaired) electrons. The Hall–Kier alpha value is -1.28. The van der Waals surface area contributed by atoms with Gasteiger partial charge in [-0.3, -0.25) is 0 Å². The molecule has 60 valence electrons. The molecule has 0 aliphatic rings. The zero-order chi connectivity index (χ0) is 8.55. The Kier molecular flexibility index (Phi) is 1.62. The lowest BCUT2D eigenvalue weighted by Gasteiger charge is -2.00. The molecule has 12 heavy (non-hydrogen) atoms. The molecule has 0 bridgehead atoms. The number of hydrogen-bond acceptors (Lipinski definition) is 2. The van der Waals surface area contributed by atoms with E-state index in [9.17, 15) is 0 Å². The smallest absolute Gasteiger partial charge is 0.131 e. The van der Waals surface area contributed by atoms with Crippen molar-refractivity contribution < 1.29 is 0 Å². The molecule has 1 heterocycles. The standard InChI is InChI=1S/C9H7ClN2/c10-9-5-7(11)6-3-1-2-4-8(6)12-9/h1-5H,(H2,11,12). The van der Waals surface area contributed by atoms with E-state index in [2.05, 4.69) is 4.98 Å². The molecule has 3 heteroatoms. The van der Waals surface area contributed by atoms with Gasteiger partial charge in [0.05, 0.1) is 5.52 Å². The summed E-state index contributed by atoms with van der Waals surface area (Å²) in [5.74, 6) is 0. The number of anilines is 1. The SMILES string of the molecule is Nc1cc(Cl)nc2ccccc12. The fourth-order valence-electron chi connectivity index (χ4n) is 1.17. The van der Waals surface area contributed by atoms with Crippen LogP contribution < -0.4 is 5.73 Å². The topological polar surface area (TPSA) is 38.9 Å². The number of nitrogen functional groups attached to an aromatic ring is 1. The first-order chi connectivity index (χ1) is 5.77. The fraction of sp³-hybridized carbons (Fsp3) is 0. The molecule has 0 amide bonds. The maximum atomic E-state index is 5.73. The number of para-hydroxylation sites is 1. The summed E-state index contributed by atoms with van der Waals surface area (Å²) >= 11 is 5.73. The predicted molar refractivity (Wildman–Crippen MR) is 51.2 cm³/mol. The maximum absolute atomic E-state index is 5.73. The van der Waals surface area contributed by atoms with E-state index in [0.717, 1.165) is 10.9 Å². The van der Waals surface area contributed by atoms with Crippen molar-refractivity contribution in [2.24, 2.45) is 0 Å². The van der Waals surface area contributed by atoms with Crippen LogP contribution in [-0.4, -0.2) is 4.98 Å². The summed E-state index contributed by atoms with van der Waals surface area (Å²) in [5, 5.41) is 1.38. The van der Waals surface area contributed by atoms with E-state index in [-0.39, 0.29) is 0 Å². The average molecular weight is 179 g/mol. The Morgan fingerprint density at radius 2 is 2.00 bits per heavy atom. The van der Waals surface area contributed by atoms with E-state index < -0.39 is 0 Å². The van der Waals surface area contributed by atoms with Crippen molar-refractivity contribution in [3.8, 4) is 0 Å². The summed E-state index contributed by atoms with van der Waals surface area (Å²) in [4.78, 5) is 4.12. The van der Waals surface area contributed by atoms with Crippen molar-refractivity contribution in [3.63, 3.8) is 0 Å². The van der Waals surface area contributed by atoms with Crippen molar-refractivity contribution in [3.05, 3.63) is 35.5 Å². The number of hydrogen-bond donors (Lipinski definition) is 1. The number of nitrogens with zero attached hydrogens (tertiary/aromatic N) is 1. The first-order valence-corrected chi connectivity index (χ1v) is 3.96. The van der Waals surface area contributed by atoms with Crippen LogP contribution in [0.15, 0.2) is 30.3 Å². The van der Waals surface area contributed by atoms with Crippen LogP contribution in [0.1, 0.15) is 0 Å². The molecular weight excluding hydrogens is 172 g/mol. The number of rotatable bonds is 0. The van der Waals surface area contributed by atoms with Gasteiger partial charge in [-0.25, -0.2) is 4.98 Å². The highest BCUT2D eigenvalue weighted by molar-refractivity contribution is 6.30. The lowest BCUT2D eigenvalue weighted by Crippen LogP contribution is -1.89. The number of nitrogens with two attached hydrogens (primary N) is 1. The van der Waals surface area contributed by atoms with Gasteiger partial charge < -0.3 is 5.73 Å². The van der Waals surface area contributed by atoms with E-state index in [1.807, 2.05) is 24.3 Å². The van der Waals surface area contributed by atoms with Gasteiger partial charge >= 0.3 is 0 Å². The summed E-state index contributed by atoms with van der Waals surface area (Å²) in [6.45, 7) is 0. The summed E-state index contributed by atoms with van der Waals surface area (Å²) in [7, 11) is 0. The predicted octanol–water partition coefficient (Wildman–Crippen LogP) is 2.47. The molecule has 0 aliphatic heterocycles. The average Bonchev–Trinajstić information content (AvgIpc) is 2.04. The molecule has 0 saturated heterocycles. The van der Waals surface area contributed by atoms with Gasteiger partial charge in [0.25, 0.3) is 0 Å². The Bertz CT molecular complexity index is 426. The van der Waals surface area contributed by atoms with Crippen molar-refractivity contribution in [1.82, 2.24) is 4.98 Å². The monoisotopic (exact) mass is 178 g/mol. The van der Waals surface area contributed by atoms with Gasteiger partial charge in [-0.05, 0) is 12.1 Å². The van der Waals surface area contributed by atoms with Gasteiger partial charge in [0.1, 0.15) is 5.15 Å². The summed E-state index contributed by atoms with van der Waals surface area (Å²) < 4.78 is 0. The molecule has 0 atom stereocenters. The molecule has 2 N–H and O–H groups in total. The molecule has 0 unspecified atom stereocenters. The van der Waals surface area contributed by atoms with E-state index in [1.165, 1.54) is 0 Å². The van der Waals surface area contributed by atoms with Crippen molar-refractivity contribution >= 4 is 28.2 Å². The maximum Gasteiger partial charge on any atom is 0.131 e. The highest BCUT2D eigenvalue weighted by Gasteiger charge is 1.99. The van der Waals surface area contributed by atoms with Crippen LogP contribution in [0.3, 0.4) is 0 Å². The Balaban J connectivity index is 2.89. The van der Waals surface area contributed by atoms with Gasteiger partial charge in [0.15, 0.2) is 0 Å². The van der Waals surface area contributed by atoms with Gasteiger partial charge in [-0.15, -0.1) is 0 Å². The van der Waals surface area contributed by atoms with E-state index >= 15 is 0 Å². The Morgan fingerprint density at radius 1 is 1.25 bits per heavy atom. The largest absolute Gasteiger partial charge is 0.398 e. The van der Waals surface area contributed by atoms with Crippen LogP contribution >= 0.6 is 11.6 Å². The highest BCUT2D eigenvalue weighted by Crippen LogP contribution is 2.21. The zero-order valence-corrected chi connectivity index (χ0v) is 7.05. The molecule has 1 aromatic heterocycles. The van der Waals surface area contributed by atoms with Crippen LogP contribution in [0.25, 0.3) is 10.9 Å². The van der Waals surface area contributed by atoms with Crippen LogP contribution in [-0.2, 0) is 0 Å². The minimum Gasteiger partial charge on any atom is -0.398 e. The van der Waals surface area contributed by atoms with Gasteiger partial charge in [0.2, 0.25) is 0 Å². The quantitative estimate of drug-likeness (QED) is 0.630. The highest BCUT2D eigenvalue weighted by atomic mass is 35.5. The second-order valence-corrected chi connectivity index (χ2v) is 2.94. The third kappa shape index (κ3) is 1.10. The first kappa shape index (κ1) is 7.37. The summed E-state index contributed by atoms with van der Waals surface area (Å²) in [6, 6.07) is 9.30. The number of fused-ring (bicyclic) bond motifs is 1. The molecule has 0 saturated carbocycles. The summed E-state index contributed by atoms with van der Waals surface area (Å²) in [6.07, 6.45) is 0. The molecule has 2 nitrogen and oxygen atoms in total. The van der Waals surface area contributed by atoms with Gasteiger partial charge in [0, 0.05) is 11.1 Å². The van der Waals surface area contributed by atoms with Gasteiger partial charge in [-0.2, -0.15) is 0 Å². The fourth-order valence-corrected chi connectivity index (χ4v) is 1.38.